The molecule has 70 valence electrons. The Hall–Kier alpha value is -1.55. The maximum Gasteiger partial charge on any atom is 0.220 e. The van der Waals surface area contributed by atoms with Gasteiger partial charge in [0, 0.05) is 16.7 Å². The number of thiol groups is 1. The molecule has 0 saturated heterocycles. The fourth-order valence-corrected chi connectivity index (χ4v) is 1.32. The maximum absolute atomic E-state index is 5.49. The van der Waals surface area contributed by atoms with Gasteiger partial charge in [-0.15, -0.1) is 12.6 Å². The van der Waals surface area contributed by atoms with Gasteiger partial charge in [0.1, 0.15) is 0 Å². The molecule has 0 aliphatic carbocycles. The summed E-state index contributed by atoms with van der Waals surface area (Å²) in [5, 5.41) is 0. The second-order valence-corrected chi connectivity index (χ2v) is 3.36. The number of rotatable bonds is 1. The average molecular weight is 203 g/mol. The molecule has 2 rings (SSSR count). The minimum Gasteiger partial charge on any atom is -0.368 e. The molecule has 0 bridgehead atoms. The van der Waals surface area contributed by atoms with Crippen LogP contribution in [0.1, 0.15) is 0 Å². The molecule has 0 unspecified atom stereocenters. The van der Waals surface area contributed by atoms with Crippen LogP contribution in [0.5, 0.6) is 0 Å². The number of nitrogen functional groups attached to an aromatic ring is 1. The number of aromatic nitrogens is 2. The van der Waals surface area contributed by atoms with Crippen molar-refractivity contribution in [3.05, 3.63) is 36.5 Å². The van der Waals surface area contributed by atoms with Crippen molar-refractivity contribution in [2.75, 3.05) is 5.73 Å². The van der Waals surface area contributed by atoms with E-state index in [-0.39, 0.29) is 5.95 Å². The Kier molecular flexibility index (Phi) is 2.37. The normalized spacial score (nSPS) is 10.1. The van der Waals surface area contributed by atoms with Gasteiger partial charge in [0.25, 0.3) is 0 Å². The summed E-state index contributed by atoms with van der Waals surface area (Å²) in [6, 6.07) is 9.55. The lowest BCUT2D eigenvalue weighted by Crippen LogP contribution is -1.94. The van der Waals surface area contributed by atoms with Crippen LogP contribution < -0.4 is 5.73 Å². The first kappa shape index (κ1) is 9.02. The highest BCUT2D eigenvalue weighted by Crippen LogP contribution is 2.18. The molecule has 14 heavy (non-hydrogen) atoms. The van der Waals surface area contributed by atoms with Gasteiger partial charge in [0.15, 0.2) is 0 Å². The third kappa shape index (κ3) is 1.85. The van der Waals surface area contributed by atoms with Gasteiger partial charge >= 0.3 is 0 Å². The summed E-state index contributed by atoms with van der Waals surface area (Å²) >= 11 is 4.21. The van der Waals surface area contributed by atoms with E-state index < -0.39 is 0 Å². The smallest absolute Gasteiger partial charge is 0.220 e. The lowest BCUT2D eigenvalue weighted by Gasteiger charge is -2.00. The molecule has 2 aromatic rings. The molecule has 0 radical (unpaired) electrons. The number of anilines is 1. The Balaban J connectivity index is 2.44. The number of hydrogen-bond donors (Lipinski definition) is 2. The first-order chi connectivity index (χ1) is 6.75. The largest absolute Gasteiger partial charge is 0.368 e. The van der Waals surface area contributed by atoms with Crippen molar-refractivity contribution in [2.45, 2.75) is 4.90 Å². The van der Waals surface area contributed by atoms with E-state index in [0.717, 1.165) is 16.2 Å². The molecule has 0 aliphatic heterocycles. The Bertz CT molecular complexity index is 439. The van der Waals surface area contributed by atoms with Gasteiger partial charge in [-0.25, -0.2) is 9.97 Å². The van der Waals surface area contributed by atoms with Gasteiger partial charge in [0.05, 0.1) is 5.69 Å². The molecular weight excluding hydrogens is 194 g/mol. The number of nitrogens with two attached hydrogens (primary N) is 1. The fourth-order valence-electron chi connectivity index (χ4n) is 1.17. The van der Waals surface area contributed by atoms with Crippen molar-refractivity contribution in [3.63, 3.8) is 0 Å². The SMILES string of the molecule is Nc1nccc(-c2ccc(S)cc2)n1. The zero-order valence-electron chi connectivity index (χ0n) is 7.38. The second-order valence-electron chi connectivity index (χ2n) is 2.85. The minimum absolute atomic E-state index is 0.289. The van der Waals surface area contributed by atoms with Crippen LogP contribution in [0.3, 0.4) is 0 Å². The summed E-state index contributed by atoms with van der Waals surface area (Å²) in [6.45, 7) is 0. The van der Waals surface area contributed by atoms with E-state index in [1.54, 1.807) is 6.20 Å². The zero-order valence-corrected chi connectivity index (χ0v) is 8.28. The van der Waals surface area contributed by atoms with Gasteiger partial charge in [-0.1, -0.05) is 12.1 Å². The summed E-state index contributed by atoms with van der Waals surface area (Å²) in [5.74, 6) is 0.289. The quantitative estimate of drug-likeness (QED) is 0.697. The highest BCUT2D eigenvalue weighted by Gasteiger charge is 1.98. The van der Waals surface area contributed by atoms with Crippen LogP contribution in [0.4, 0.5) is 5.95 Å². The average Bonchev–Trinajstić information content (AvgIpc) is 2.19. The minimum atomic E-state index is 0.289. The Labute approximate surface area is 87.4 Å². The molecular formula is C10H9N3S. The van der Waals surface area contributed by atoms with Crippen LogP contribution in [-0.4, -0.2) is 9.97 Å². The third-order valence-corrected chi connectivity index (χ3v) is 2.14. The third-order valence-electron chi connectivity index (χ3n) is 1.84. The molecule has 4 heteroatoms. The van der Waals surface area contributed by atoms with Gasteiger partial charge in [-0.05, 0) is 18.2 Å². The van der Waals surface area contributed by atoms with Crippen LogP contribution in [-0.2, 0) is 0 Å². The Morgan fingerprint density at radius 1 is 1.07 bits per heavy atom. The summed E-state index contributed by atoms with van der Waals surface area (Å²) in [7, 11) is 0. The van der Waals surface area contributed by atoms with Crippen molar-refractivity contribution in [1.82, 2.24) is 9.97 Å². The zero-order chi connectivity index (χ0) is 9.97. The summed E-state index contributed by atoms with van der Waals surface area (Å²) in [4.78, 5) is 8.88. The standard InChI is InChI=1S/C10H9N3S/c11-10-12-6-5-9(13-10)7-1-3-8(14)4-2-7/h1-6,14H,(H2,11,12,13). The highest BCUT2D eigenvalue weighted by atomic mass is 32.1. The van der Waals surface area contributed by atoms with E-state index in [4.69, 9.17) is 5.73 Å². The van der Waals surface area contributed by atoms with E-state index >= 15 is 0 Å². The Morgan fingerprint density at radius 3 is 2.43 bits per heavy atom. The van der Waals surface area contributed by atoms with E-state index in [9.17, 15) is 0 Å². The van der Waals surface area contributed by atoms with Gasteiger partial charge in [-0.2, -0.15) is 0 Å². The lowest BCUT2D eigenvalue weighted by atomic mass is 10.1. The Morgan fingerprint density at radius 2 is 1.79 bits per heavy atom. The van der Waals surface area contributed by atoms with E-state index in [1.165, 1.54) is 0 Å². The van der Waals surface area contributed by atoms with Crippen LogP contribution in [0.2, 0.25) is 0 Å². The van der Waals surface area contributed by atoms with Crippen LogP contribution in [0, 0.1) is 0 Å². The number of benzene rings is 1. The van der Waals surface area contributed by atoms with Gasteiger partial charge in [0.2, 0.25) is 5.95 Å². The van der Waals surface area contributed by atoms with Crippen LogP contribution in [0.25, 0.3) is 11.3 Å². The van der Waals surface area contributed by atoms with Crippen molar-refractivity contribution < 1.29 is 0 Å². The van der Waals surface area contributed by atoms with Crippen molar-refractivity contribution >= 4 is 18.6 Å². The molecule has 1 aromatic carbocycles. The molecule has 2 N–H and O–H groups in total. The lowest BCUT2D eigenvalue weighted by molar-refractivity contribution is 1.19. The second kappa shape index (κ2) is 3.67. The molecule has 0 fully saturated rings. The fraction of sp³-hybridized carbons (Fsp3) is 0. The summed E-state index contributed by atoms with van der Waals surface area (Å²) in [6.07, 6.45) is 1.65. The molecule has 0 amide bonds. The van der Waals surface area contributed by atoms with Gasteiger partial charge in [-0.3, -0.25) is 0 Å². The summed E-state index contributed by atoms with van der Waals surface area (Å²) in [5.41, 5.74) is 7.32. The molecule has 3 nitrogen and oxygen atoms in total. The van der Waals surface area contributed by atoms with E-state index in [1.807, 2.05) is 30.3 Å². The van der Waals surface area contributed by atoms with Crippen molar-refractivity contribution in [2.24, 2.45) is 0 Å². The molecule has 0 atom stereocenters. The number of hydrogen-bond acceptors (Lipinski definition) is 4. The molecule has 1 heterocycles. The van der Waals surface area contributed by atoms with Crippen LogP contribution >= 0.6 is 12.6 Å². The van der Waals surface area contributed by atoms with Crippen molar-refractivity contribution in [1.29, 1.82) is 0 Å². The first-order valence-corrected chi connectivity index (χ1v) is 4.58. The van der Waals surface area contributed by atoms with Crippen LogP contribution in [0.15, 0.2) is 41.4 Å². The monoisotopic (exact) mass is 203 g/mol. The van der Waals surface area contributed by atoms with E-state index in [0.29, 0.717) is 0 Å². The molecule has 0 spiro atoms. The predicted molar refractivity (Wildman–Crippen MR) is 59.1 cm³/mol. The van der Waals surface area contributed by atoms with Crippen molar-refractivity contribution in [3.8, 4) is 11.3 Å². The molecule has 0 saturated carbocycles. The molecule has 0 aliphatic rings. The summed E-state index contributed by atoms with van der Waals surface area (Å²) < 4.78 is 0. The molecule has 1 aromatic heterocycles. The van der Waals surface area contributed by atoms with E-state index in [2.05, 4.69) is 22.6 Å². The first-order valence-electron chi connectivity index (χ1n) is 4.13. The number of nitrogens with zero attached hydrogens (tertiary/aromatic N) is 2. The maximum atomic E-state index is 5.49. The predicted octanol–water partition coefficient (Wildman–Crippen LogP) is 2.01. The van der Waals surface area contributed by atoms with Gasteiger partial charge < -0.3 is 5.73 Å². The topological polar surface area (TPSA) is 51.8 Å². The highest BCUT2D eigenvalue weighted by molar-refractivity contribution is 7.80.